The Bertz CT molecular complexity index is 658. The summed E-state index contributed by atoms with van der Waals surface area (Å²) in [5, 5.41) is 5.16. The molecule has 20 heavy (non-hydrogen) atoms. The predicted molar refractivity (Wildman–Crippen MR) is 88.1 cm³/mol. The fourth-order valence-electron chi connectivity index (χ4n) is 2.95. The average molecular weight is 283 g/mol. The third kappa shape index (κ3) is 1.96. The predicted octanol–water partition coefficient (Wildman–Crippen LogP) is 3.90. The van der Waals surface area contributed by atoms with Crippen LogP contribution in [0.25, 0.3) is 0 Å². The molecule has 1 aromatic heterocycles. The summed E-state index contributed by atoms with van der Waals surface area (Å²) in [4.78, 5) is 6.70. The van der Waals surface area contributed by atoms with Crippen LogP contribution in [-0.2, 0) is 0 Å². The van der Waals surface area contributed by atoms with E-state index in [9.17, 15) is 0 Å². The van der Waals surface area contributed by atoms with Crippen molar-refractivity contribution in [1.29, 1.82) is 0 Å². The van der Waals surface area contributed by atoms with Crippen LogP contribution in [0.3, 0.4) is 0 Å². The van der Waals surface area contributed by atoms with Gasteiger partial charge in [-0.1, -0.05) is 29.9 Å². The molecule has 0 bridgehead atoms. The number of rotatable bonds is 2. The van der Waals surface area contributed by atoms with Crippen LogP contribution in [0.2, 0.25) is 0 Å². The van der Waals surface area contributed by atoms with Crippen molar-refractivity contribution in [2.45, 2.75) is 26.9 Å². The molecule has 1 aliphatic heterocycles. The lowest BCUT2D eigenvalue weighted by molar-refractivity contribution is 0.963. The maximum absolute atomic E-state index is 5.19. The molecule has 1 unspecified atom stereocenters. The smallest absolute Gasteiger partial charge is 0.158 e. The Morgan fingerprint density at radius 1 is 1.25 bits per heavy atom. The van der Waals surface area contributed by atoms with E-state index in [1.54, 1.807) is 5.37 Å². The Labute approximate surface area is 124 Å². The molecule has 2 aromatic rings. The standard InChI is InChI=1S/C16H17N3S/c1-10-7-11(2)15(12(3)8-10)19-14(9-20)18-13-5-4-6-17-16(13)19/h4-9,14,18H,1-3H3. The first-order valence-corrected chi connectivity index (χ1v) is 7.13. The molecule has 3 rings (SSSR count). The highest BCUT2D eigenvalue weighted by Gasteiger charge is 2.31. The van der Waals surface area contributed by atoms with Crippen LogP contribution in [0.15, 0.2) is 30.5 Å². The molecule has 2 heterocycles. The van der Waals surface area contributed by atoms with E-state index in [-0.39, 0.29) is 6.17 Å². The minimum atomic E-state index is -0.0324. The van der Waals surface area contributed by atoms with E-state index in [4.69, 9.17) is 12.2 Å². The fourth-order valence-corrected chi connectivity index (χ4v) is 3.14. The summed E-state index contributed by atoms with van der Waals surface area (Å²) in [5.41, 5.74) is 5.97. The Balaban J connectivity index is 2.20. The van der Waals surface area contributed by atoms with E-state index in [1.807, 2.05) is 18.3 Å². The summed E-state index contributed by atoms with van der Waals surface area (Å²) >= 11 is 5.19. The number of hydrogen-bond donors (Lipinski definition) is 1. The summed E-state index contributed by atoms with van der Waals surface area (Å²) in [5.74, 6) is 0.939. The van der Waals surface area contributed by atoms with Gasteiger partial charge in [0.2, 0.25) is 0 Å². The van der Waals surface area contributed by atoms with Crippen LogP contribution in [-0.4, -0.2) is 16.5 Å². The number of nitrogens with one attached hydrogen (secondary N) is 1. The van der Waals surface area contributed by atoms with Crippen molar-refractivity contribution in [2.24, 2.45) is 0 Å². The Kier molecular flexibility index (Phi) is 3.18. The highest BCUT2D eigenvalue weighted by molar-refractivity contribution is 7.79. The van der Waals surface area contributed by atoms with Gasteiger partial charge in [0.25, 0.3) is 0 Å². The second kappa shape index (κ2) is 4.87. The zero-order chi connectivity index (χ0) is 14.3. The molecule has 1 aliphatic rings. The fraction of sp³-hybridized carbons (Fsp3) is 0.250. The second-order valence-corrected chi connectivity index (χ2v) is 5.49. The van der Waals surface area contributed by atoms with Gasteiger partial charge in [-0.3, -0.25) is 4.90 Å². The molecule has 0 saturated heterocycles. The Hall–Kier alpha value is -1.94. The van der Waals surface area contributed by atoms with Gasteiger partial charge >= 0.3 is 0 Å². The van der Waals surface area contributed by atoms with Gasteiger partial charge in [-0.15, -0.1) is 0 Å². The lowest BCUT2D eigenvalue weighted by atomic mass is 10.0. The van der Waals surface area contributed by atoms with Gasteiger partial charge in [-0.25, -0.2) is 4.98 Å². The number of aromatic nitrogens is 1. The number of pyridine rings is 1. The first-order valence-electron chi connectivity index (χ1n) is 6.65. The number of anilines is 3. The number of fused-ring (bicyclic) bond motifs is 1. The largest absolute Gasteiger partial charge is 0.358 e. The zero-order valence-corrected chi connectivity index (χ0v) is 12.7. The monoisotopic (exact) mass is 283 g/mol. The van der Waals surface area contributed by atoms with Crippen LogP contribution in [0.5, 0.6) is 0 Å². The molecule has 1 atom stereocenters. The van der Waals surface area contributed by atoms with Gasteiger partial charge in [0, 0.05) is 11.6 Å². The first-order chi connectivity index (χ1) is 9.61. The molecule has 0 radical (unpaired) electrons. The van der Waals surface area contributed by atoms with Crippen LogP contribution in [0.1, 0.15) is 16.7 Å². The summed E-state index contributed by atoms with van der Waals surface area (Å²) in [6.45, 7) is 6.39. The first kappa shape index (κ1) is 13.1. The summed E-state index contributed by atoms with van der Waals surface area (Å²) in [7, 11) is 0. The minimum absolute atomic E-state index is 0.0324. The molecule has 1 aromatic carbocycles. The van der Waals surface area contributed by atoms with Gasteiger partial charge in [0.05, 0.1) is 11.4 Å². The average Bonchev–Trinajstić information content (AvgIpc) is 2.76. The van der Waals surface area contributed by atoms with Gasteiger partial charge in [-0.2, -0.15) is 0 Å². The molecular formula is C16H17N3S. The third-order valence-electron chi connectivity index (χ3n) is 3.60. The Morgan fingerprint density at radius 2 is 1.95 bits per heavy atom. The van der Waals surface area contributed by atoms with E-state index in [2.05, 4.69) is 48.1 Å². The molecule has 0 amide bonds. The lowest BCUT2D eigenvalue weighted by Crippen LogP contribution is -2.33. The van der Waals surface area contributed by atoms with Crippen molar-refractivity contribution >= 4 is 34.8 Å². The van der Waals surface area contributed by atoms with Crippen molar-refractivity contribution in [1.82, 2.24) is 4.98 Å². The van der Waals surface area contributed by atoms with Crippen molar-refractivity contribution in [3.63, 3.8) is 0 Å². The molecule has 102 valence electrons. The number of aryl methyl sites for hydroxylation is 3. The highest BCUT2D eigenvalue weighted by atomic mass is 32.1. The van der Waals surface area contributed by atoms with Gasteiger partial charge in [-0.05, 0) is 44.0 Å². The van der Waals surface area contributed by atoms with Crippen LogP contribution >= 0.6 is 12.2 Å². The maximum Gasteiger partial charge on any atom is 0.158 e. The number of nitrogens with zero attached hydrogens (tertiary/aromatic N) is 2. The summed E-state index contributed by atoms with van der Waals surface area (Å²) in [6.07, 6.45) is 1.79. The molecule has 1 N–H and O–H groups in total. The van der Waals surface area contributed by atoms with Gasteiger partial charge in [0.15, 0.2) is 5.82 Å². The topological polar surface area (TPSA) is 28.2 Å². The van der Waals surface area contributed by atoms with Crippen molar-refractivity contribution in [2.75, 3.05) is 10.2 Å². The maximum atomic E-state index is 5.19. The van der Waals surface area contributed by atoms with Crippen molar-refractivity contribution in [3.8, 4) is 0 Å². The van der Waals surface area contributed by atoms with E-state index >= 15 is 0 Å². The zero-order valence-electron chi connectivity index (χ0n) is 11.8. The molecule has 0 fully saturated rings. The summed E-state index contributed by atoms with van der Waals surface area (Å²) < 4.78 is 0. The molecular weight excluding hydrogens is 266 g/mol. The van der Waals surface area contributed by atoms with Gasteiger partial charge < -0.3 is 5.32 Å². The highest BCUT2D eigenvalue weighted by Crippen LogP contribution is 2.40. The SMILES string of the molecule is Cc1cc(C)c(N2c3ncccc3NC2C=S)c(C)c1. The number of benzene rings is 1. The van der Waals surface area contributed by atoms with Crippen LogP contribution in [0.4, 0.5) is 17.2 Å². The molecule has 3 nitrogen and oxygen atoms in total. The van der Waals surface area contributed by atoms with Crippen molar-refractivity contribution < 1.29 is 0 Å². The summed E-state index contributed by atoms with van der Waals surface area (Å²) in [6, 6.07) is 8.37. The molecule has 0 aliphatic carbocycles. The van der Waals surface area contributed by atoms with Crippen LogP contribution in [0, 0.1) is 20.8 Å². The number of thiocarbonyl (C=S) groups is 1. The number of hydrogen-bond acceptors (Lipinski definition) is 4. The Morgan fingerprint density at radius 3 is 2.60 bits per heavy atom. The molecule has 4 heteroatoms. The second-order valence-electron chi connectivity index (χ2n) is 5.22. The van der Waals surface area contributed by atoms with E-state index < -0.39 is 0 Å². The van der Waals surface area contributed by atoms with E-state index in [0.717, 1.165) is 11.5 Å². The van der Waals surface area contributed by atoms with Crippen molar-refractivity contribution in [3.05, 3.63) is 47.2 Å². The van der Waals surface area contributed by atoms with Crippen LogP contribution < -0.4 is 10.2 Å². The molecule has 0 spiro atoms. The minimum Gasteiger partial charge on any atom is -0.358 e. The lowest BCUT2D eigenvalue weighted by Gasteiger charge is -2.27. The third-order valence-corrected chi connectivity index (χ3v) is 3.86. The van der Waals surface area contributed by atoms with E-state index in [1.165, 1.54) is 22.4 Å². The van der Waals surface area contributed by atoms with E-state index in [0.29, 0.717) is 0 Å². The normalized spacial score (nSPS) is 16.8. The quantitative estimate of drug-likeness (QED) is 0.846. The molecule has 0 saturated carbocycles. The van der Waals surface area contributed by atoms with Gasteiger partial charge in [0.1, 0.15) is 6.17 Å².